The fraction of sp³-hybridized carbons (Fsp3) is 0.732. The molecule has 0 aliphatic carbocycles. The number of esters is 2. The van der Waals surface area contributed by atoms with Crippen LogP contribution in [0.25, 0.3) is 0 Å². The van der Waals surface area contributed by atoms with E-state index in [1.54, 1.807) is 0 Å². The highest BCUT2D eigenvalue weighted by atomic mass is 16.6. The van der Waals surface area contributed by atoms with E-state index in [0.717, 1.165) is 96.3 Å². The van der Waals surface area contributed by atoms with Gasteiger partial charge in [-0.15, -0.1) is 0 Å². The number of nitrogens with zero attached hydrogens (tertiary/aromatic N) is 1. The third kappa shape index (κ3) is 44.0. The molecule has 1 N–H and O–H groups in total. The monoisotopic (exact) mass is 897 g/mol. The zero-order valence-corrected chi connectivity index (χ0v) is 42.0. The molecule has 0 aromatic carbocycles. The molecule has 0 aliphatic heterocycles. The molecule has 0 heterocycles. The number of carboxylic acid groups (broad SMARTS) is 1. The highest BCUT2D eigenvalue weighted by molar-refractivity contribution is 5.72. The molecule has 368 valence electrons. The van der Waals surface area contributed by atoms with Crippen LogP contribution in [0.2, 0.25) is 0 Å². The van der Waals surface area contributed by atoms with Gasteiger partial charge in [0.25, 0.3) is 0 Å². The number of rotatable bonds is 46. The van der Waals surface area contributed by atoms with Crippen LogP contribution in [-0.4, -0.2) is 80.6 Å². The summed E-state index contributed by atoms with van der Waals surface area (Å²) in [6, 6.07) is -0.622. The van der Waals surface area contributed by atoms with E-state index >= 15 is 0 Å². The second-order valence-electron chi connectivity index (χ2n) is 18.4. The molecule has 0 saturated heterocycles. The Morgan fingerprint density at radius 1 is 0.484 bits per heavy atom. The molecule has 0 spiro atoms. The smallest absolute Gasteiger partial charge is 0.362 e. The van der Waals surface area contributed by atoms with Crippen LogP contribution in [-0.2, 0) is 28.6 Å². The van der Waals surface area contributed by atoms with Gasteiger partial charge < -0.3 is 23.8 Å². The van der Waals surface area contributed by atoms with E-state index in [1.165, 1.54) is 83.5 Å². The number of allylic oxidation sites excluding steroid dienone is 12. The number of quaternary nitrogens is 1. The molecule has 2 unspecified atom stereocenters. The standard InChI is InChI=1S/C56H97NO7/c1-6-8-10-12-14-16-18-20-22-24-26-27-28-29-31-33-35-37-39-41-43-45-47-55(59)64-52(50-62-49-48-53(56(60)61)57(3,4)5)51-63-54(58)46-44-42-40-38-36-34-32-30-25-23-21-19-17-15-13-11-9-7-2/h8,10,14,16,20,22,26-27,29-32,52-53H,6-7,9,11-13,15,17-19,21,23-25,28,33-51H2,1-5H3/p+1/b10-8+,16-14+,22-20+,27-26+,31-29+,32-30+. The van der Waals surface area contributed by atoms with Gasteiger partial charge in [-0.3, -0.25) is 9.59 Å². The number of hydrogen-bond donors (Lipinski definition) is 1. The van der Waals surface area contributed by atoms with E-state index < -0.39 is 18.1 Å². The van der Waals surface area contributed by atoms with E-state index in [9.17, 15) is 19.5 Å². The lowest BCUT2D eigenvalue weighted by Gasteiger charge is -2.31. The van der Waals surface area contributed by atoms with Gasteiger partial charge in [-0.2, -0.15) is 0 Å². The summed E-state index contributed by atoms with van der Waals surface area (Å²) in [5.41, 5.74) is 0. The molecular weight excluding hydrogens is 799 g/mol. The maximum absolute atomic E-state index is 12.8. The highest BCUT2D eigenvalue weighted by Gasteiger charge is 2.31. The Bertz CT molecular complexity index is 1270. The summed E-state index contributed by atoms with van der Waals surface area (Å²) in [4.78, 5) is 37.2. The Morgan fingerprint density at radius 3 is 1.31 bits per heavy atom. The van der Waals surface area contributed by atoms with Crippen molar-refractivity contribution >= 4 is 17.9 Å². The predicted octanol–water partition coefficient (Wildman–Crippen LogP) is 15.1. The number of hydrogen-bond acceptors (Lipinski definition) is 6. The summed E-state index contributed by atoms with van der Waals surface area (Å²) in [5, 5.41) is 9.66. The summed E-state index contributed by atoms with van der Waals surface area (Å²) < 4.78 is 17.3. The normalized spacial score (nSPS) is 13.5. The van der Waals surface area contributed by atoms with Gasteiger partial charge in [0.05, 0.1) is 34.4 Å². The molecule has 8 nitrogen and oxygen atoms in total. The molecule has 0 aromatic heterocycles. The van der Waals surface area contributed by atoms with Gasteiger partial charge >= 0.3 is 17.9 Å². The Morgan fingerprint density at radius 2 is 0.875 bits per heavy atom. The fourth-order valence-corrected chi connectivity index (χ4v) is 7.35. The first kappa shape index (κ1) is 60.8. The van der Waals surface area contributed by atoms with Gasteiger partial charge in [0.1, 0.15) is 6.61 Å². The maximum atomic E-state index is 12.8. The number of ether oxygens (including phenoxy) is 3. The van der Waals surface area contributed by atoms with Gasteiger partial charge in [-0.25, -0.2) is 4.79 Å². The first-order chi connectivity index (χ1) is 31.1. The van der Waals surface area contributed by atoms with Crippen molar-refractivity contribution in [2.45, 2.75) is 225 Å². The van der Waals surface area contributed by atoms with Crippen LogP contribution in [0.3, 0.4) is 0 Å². The molecule has 0 aliphatic rings. The minimum Gasteiger partial charge on any atom is -0.477 e. The van der Waals surface area contributed by atoms with Gasteiger partial charge in [0.2, 0.25) is 0 Å². The van der Waals surface area contributed by atoms with E-state index in [4.69, 9.17) is 14.2 Å². The van der Waals surface area contributed by atoms with Crippen molar-refractivity contribution in [3.63, 3.8) is 0 Å². The SMILES string of the molecule is CC/C=C/C/C=C/C/C=C/C/C=C/C/C=C/CCCCCCCCC(=O)OC(COCCC(C(=O)O)[N+](C)(C)C)COC(=O)CCCCCCC/C=C/CCCCCCCCCCC. The summed E-state index contributed by atoms with van der Waals surface area (Å²) in [7, 11) is 5.52. The molecule has 0 rings (SSSR count). The van der Waals surface area contributed by atoms with Gasteiger partial charge in [-0.1, -0.05) is 183 Å². The topological polar surface area (TPSA) is 99.1 Å². The number of carbonyl (C=O) groups excluding carboxylic acids is 2. The van der Waals surface area contributed by atoms with Crippen molar-refractivity contribution in [3.8, 4) is 0 Å². The largest absolute Gasteiger partial charge is 0.477 e. The minimum atomic E-state index is -0.880. The van der Waals surface area contributed by atoms with Crippen LogP contribution >= 0.6 is 0 Å². The van der Waals surface area contributed by atoms with Crippen molar-refractivity contribution in [3.05, 3.63) is 72.9 Å². The summed E-state index contributed by atoms with van der Waals surface area (Å²) in [6.45, 7) is 4.61. The number of carboxylic acids is 1. The molecule has 0 bridgehead atoms. The molecule has 0 amide bonds. The van der Waals surface area contributed by atoms with Crippen LogP contribution in [0.4, 0.5) is 0 Å². The first-order valence-corrected chi connectivity index (χ1v) is 26.0. The van der Waals surface area contributed by atoms with Crippen LogP contribution in [0, 0.1) is 0 Å². The molecule has 0 radical (unpaired) electrons. The lowest BCUT2D eigenvalue weighted by atomic mass is 10.1. The summed E-state index contributed by atoms with van der Waals surface area (Å²) in [5.74, 6) is -1.50. The summed E-state index contributed by atoms with van der Waals surface area (Å²) >= 11 is 0. The molecule has 64 heavy (non-hydrogen) atoms. The molecule has 0 fully saturated rings. The average molecular weight is 897 g/mol. The van der Waals surface area contributed by atoms with E-state index in [-0.39, 0.29) is 36.2 Å². The molecule has 2 atom stereocenters. The third-order valence-electron chi connectivity index (χ3n) is 11.3. The third-order valence-corrected chi connectivity index (χ3v) is 11.3. The van der Waals surface area contributed by atoms with Crippen molar-refractivity contribution < 1.29 is 38.2 Å². The fourth-order valence-electron chi connectivity index (χ4n) is 7.35. The lowest BCUT2D eigenvalue weighted by molar-refractivity contribution is -0.887. The Kier molecular flexibility index (Phi) is 44.0. The van der Waals surface area contributed by atoms with Gasteiger partial charge in [0.15, 0.2) is 12.1 Å². The van der Waals surface area contributed by atoms with E-state index in [1.807, 2.05) is 21.1 Å². The highest BCUT2D eigenvalue weighted by Crippen LogP contribution is 2.14. The molecular formula is C56H98NO7+. The number of aliphatic carboxylic acids is 1. The summed E-state index contributed by atoms with van der Waals surface area (Å²) in [6.07, 6.45) is 59.5. The zero-order valence-electron chi connectivity index (χ0n) is 42.0. The van der Waals surface area contributed by atoms with Crippen molar-refractivity contribution in [1.82, 2.24) is 0 Å². The Balaban J connectivity index is 4.30. The molecule has 8 heteroatoms. The number of carbonyl (C=O) groups is 3. The van der Waals surface area contributed by atoms with Crippen LogP contribution in [0.15, 0.2) is 72.9 Å². The van der Waals surface area contributed by atoms with Gasteiger partial charge in [-0.05, 0) is 83.5 Å². The van der Waals surface area contributed by atoms with Crippen LogP contribution in [0.1, 0.15) is 213 Å². The number of likely N-dealkylation sites (N-methyl/N-ethyl adjacent to an activating group) is 1. The van der Waals surface area contributed by atoms with Crippen molar-refractivity contribution in [2.75, 3.05) is 41.0 Å². The second kappa shape index (κ2) is 46.3. The van der Waals surface area contributed by atoms with Crippen LogP contribution in [0.5, 0.6) is 0 Å². The van der Waals surface area contributed by atoms with E-state index in [2.05, 4.69) is 86.8 Å². The minimum absolute atomic E-state index is 0.0496. The van der Waals surface area contributed by atoms with E-state index in [0.29, 0.717) is 19.3 Å². The van der Waals surface area contributed by atoms with Gasteiger partial charge in [0, 0.05) is 19.3 Å². The average Bonchev–Trinajstić information content (AvgIpc) is 3.26. The zero-order chi connectivity index (χ0) is 47.0. The first-order valence-electron chi connectivity index (χ1n) is 26.0. The lowest BCUT2D eigenvalue weighted by Crippen LogP contribution is -2.50. The molecule has 0 saturated carbocycles. The Hall–Kier alpha value is -3.23. The number of unbranched alkanes of at least 4 members (excludes halogenated alkanes) is 20. The quantitative estimate of drug-likeness (QED) is 0.0281. The van der Waals surface area contributed by atoms with Crippen molar-refractivity contribution in [2.24, 2.45) is 0 Å². The second-order valence-corrected chi connectivity index (χ2v) is 18.4. The van der Waals surface area contributed by atoms with Crippen LogP contribution < -0.4 is 0 Å². The Labute approximate surface area is 393 Å². The van der Waals surface area contributed by atoms with Crippen molar-refractivity contribution in [1.29, 1.82) is 0 Å². The maximum Gasteiger partial charge on any atom is 0.362 e. The predicted molar refractivity (Wildman–Crippen MR) is 270 cm³/mol. The molecule has 0 aromatic rings.